The summed E-state index contributed by atoms with van der Waals surface area (Å²) in [6.45, 7) is 5.19. The molecule has 0 aromatic rings. The van der Waals surface area contributed by atoms with Crippen LogP contribution in [0.1, 0.15) is 39.0 Å². The van der Waals surface area contributed by atoms with E-state index in [4.69, 9.17) is 4.74 Å². The highest BCUT2D eigenvalue weighted by molar-refractivity contribution is 5.88. The number of likely N-dealkylation sites (N-methyl/N-ethyl adjacent to an activating group) is 1. The van der Waals surface area contributed by atoms with Crippen molar-refractivity contribution in [2.45, 2.75) is 51.2 Å². The average Bonchev–Trinajstić information content (AvgIpc) is 2.54. The number of nitrogens with one attached hydrogen (secondary N) is 2. The van der Waals surface area contributed by atoms with Crippen molar-refractivity contribution in [3.8, 4) is 0 Å². The molecular weight excluding hydrogens is 270 g/mol. The molecule has 2 atom stereocenters. The van der Waals surface area contributed by atoms with Gasteiger partial charge in [-0.2, -0.15) is 0 Å². The Balaban J connectivity index is 1.84. The van der Waals surface area contributed by atoms with E-state index >= 15 is 0 Å². The predicted molar refractivity (Wildman–Crippen MR) is 79.9 cm³/mol. The molecule has 2 fully saturated rings. The summed E-state index contributed by atoms with van der Waals surface area (Å²) in [5, 5.41) is 5.99. The molecule has 0 bridgehead atoms. The van der Waals surface area contributed by atoms with Gasteiger partial charge >= 0.3 is 0 Å². The van der Waals surface area contributed by atoms with Crippen molar-refractivity contribution in [2.24, 2.45) is 0 Å². The van der Waals surface area contributed by atoms with Crippen molar-refractivity contribution >= 4 is 11.8 Å². The second-order valence-electron chi connectivity index (χ2n) is 5.73. The standard InChI is InChI=1S/C15H27N3O3/c1-2-17-15(20)13-11-16-8-9-18(13)14(19)7-6-12-5-3-4-10-21-12/h12-13,16H,2-11H2,1H3,(H,17,20). The summed E-state index contributed by atoms with van der Waals surface area (Å²) in [5.74, 6) is 0.00823. The molecule has 0 spiro atoms. The second-order valence-corrected chi connectivity index (χ2v) is 5.73. The minimum Gasteiger partial charge on any atom is -0.378 e. The minimum absolute atomic E-state index is 0.0630. The minimum atomic E-state index is -0.376. The fraction of sp³-hybridized carbons (Fsp3) is 0.867. The first-order valence-electron chi connectivity index (χ1n) is 8.12. The molecule has 2 unspecified atom stereocenters. The summed E-state index contributed by atoms with van der Waals surface area (Å²) in [6.07, 6.45) is 4.82. The number of carbonyl (C=O) groups excluding carboxylic acids is 2. The van der Waals surface area contributed by atoms with Crippen LogP contribution in [0.4, 0.5) is 0 Å². The highest BCUT2D eigenvalue weighted by atomic mass is 16.5. The molecule has 2 aliphatic rings. The molecule has 0 aromatic carbocycles. The summed E-state index contributed by atoms with van der Waals surface area (Å²) < 4.78 is 5.67. The quantitative estimate of drug-likeness (QED) is 0.764. The SMILES string of the molecule is CCNC(=O)C1CNCCN1C(=O)CCC1CCCCO1. The summed E-state index contributed by atoms with van der Waals surface area (Å²) in [5.41, 5.74) is 0. The number of rotatable bonds is 5. The molecule has 0 aromatic heterocycles. The maximum Gasteiger partial charge on any atom is 0.244 e. The number of ether oxygens (including phenoxy) is 1. The molecule has 2 aliphatic heterocycles. The smallest absolute Gasteiger partial charge is 0.244 e. The van der Waals surface area contributed by atoms with E-state index in [1.54, 1.807) is 4.90 Å². The van der Waals surface area contributed by atoms with Crippen molar-refractivity contribution < 1.29 is 14.3 Å². The molecule has 2 amide bonds. The summed E-state index contributed by atoms with van der Waals surface area (Å²) >= 11 is 0. The Hall–Kier alpha value is -1.14. The molecule has 0 radical (unpaired) electrons. The van der Waals surface area contributed by atoms with Gasteiger partial charge in [0.1, 0.15) is 6.04 Å². The Morgan fingerprint density at radius 2 is 2.24 bits per heavy atom. The molecule has 2 saturated heterocycles. The Labute approximate surface area is 126 Å². The Kier molecular flexibility index (Phi) is 6.45. The molecule has 2 heterocycles. The topological polar surface area (TPSA) is 70.7 Å². The van der Waals surface area contributed by atoms with E-state index in [2.05, 4.69) is 10.6 Å². The zero-order chi connectivity index (χ0) is 15.1. The molecule has 2 rings (SSSR count). The highest BCUT2D eigenvalue weighted by Gasteiger charge is 2.31. The van der Waals surface area contributed by atoms with Crippen LogP contribution in [0.15, 0.2) is 0 Å². The van der Waals surface area contributed by atoms with E-state index in [0.29, 0.717) is 26.1 Å². The van der Waals surface area contributed by atoms with Crippen LogP contribution in [0.25, 0.3) is 0 Å². The summed E-state index contributed by atoms with van der Waals surface area (Å²) in [6, 6.07) is -0.376. The van der Waals surface area contributed by atoms with Gasteiger partial charge in [0.15, 0.2) is 0 Å². The number of nitrogens with zero attached hydrogens (tertiary/aromatic N) is 1. The van der Waals surface area contributed by atoms with Gasteiger partial charge in [-0.25, -0.2) is 0 Å². The third-order valence-electron chi connectivity index (χ3n) is 4.17. The van der Waals surface area contributed by atoms with E-state index in [1.165, 1.54) is 6.42 Å². The van der Waals surface area contributed by atoms with E-state index in [9.17, 15) is 9.59 Å². The fourth-order valence-electron chi connectivity index (χ4n) is 2.99. The molecule has 120 valence electrons. The monoisotopic (exact) mass is 297 g/mol. The molecule has 2 N–H and O–H groups in total. The van der Waals surface area contributed by atoms with Crippen molar-refractivity contribution in [2.75, 3.05) is 32.8 Å². The molecule has 6 nitrogen and oxygen atoms in total. The predicted octanol–water partition coefficient (Wildman–Crippen LogP) is 0.272. The number of hydrogen-bond acceptors (Lipinski definition) is 4. The summed E-state index contributed by atoms with van der Waals surface area (Å²) in [4.78, 5) is 26.2. The second kappa shape index (κ2) is 8.34. The van der Waals surface area contributed by atoms with Gasteiger partial charge in [0.05, 0.1) is 6.10 Å². The first-order valence-corrected chi connectivity index (χ1v) is 8.12. The van der Waals surface area contributed by atoms with Crippen LogP contribution in [0.2, 0.25) is 0 Å². The van der Waals surface area contributed by atoms with E-state index < -0.39 is 0 Å². The zero-order valence-electron chi connectivity index (χ0n) is 12.9. The van der Waals surface area contributed by atoms with Crippen molar-refractivity contribution in [3.05, 3.63) is 0 Å². The van der Waals surface area contributed by atoms with Crippen LogP contribution in [0, 0.1) is 0 Å². The lowest BCUT2D eigenvalue weighted by Crippen LogP contribution is -2.59. The van der Waals surface area contributed by atoms with Crippen LogP contribution in [0.3, 0.4) is 0 Å². The van der Waals surface area contributed by atoms with Crippen LogP contribution >= 0.6 is 0 Å². The maximum absolute atomic E-state index is 12.4. The lowest BCUT2D eigenvalue weighted by molar-refractivity contribution is -0.142. The number of amides is 2. The van der Waals surface area contributed by atoms with Gasteiger partial charge in [0, 0.05) is 39.2 Å². The fourth-order valence-corrected chi connectivity index (χ4v) is 2.99. The van der Waals surface area contributed by atoms with Gasteiger partial charge < -0.3 is 20.3 Å². The van der Waals surface area contributed by atoms with Crippen molar-refractivity contribution in [1.29, 1.82) is 0 Å². The van der Waals surface area contributed by atoms with Crippen LogP contribution in [-0.4, -0.2) is 61.6 Å². The lowest BCUT2D eigenvalue weighted by atomic mass is 10.0. The van der Waals surface area contributed by atoms with Gasteiger partial charge in [-0.15, -0.1) is 0 Å². The third-order valence-corrected chi connectivity index (χ3v) is 4.17. The first-order chi connectivity index (χ1) is 10.2. The van der Waals surface area contributed by atoms with Crippen LogP contribution in [0.5, 0.6) is 0 Å². The van der Waals surface area contributed by atoms with E-state index in [1.807, 2.05) is 6.92 Å². The van der Waals surface area contributed by atoms with Crippen molar-refractivity contribution in [1.82, 2.24) is 15.5 Å². The molecule has 0 aliphatic carbocycles. The Bertz CT molecular complexity index is 356. The maximum atomic E-state index is 12.4. The number of carbonyl (C=O) groups is 2. The van der Waals surface area contributed by atoms with Crippen LogP contribution < -0.4 is 10.6 Å². The van der Waals surface area contributed by atoms with Gasteiger partial charge in [0.2, 0.25) is 11.8 Å². The third kappa shape index (κ3) is 4.68. The Morgan fingerprint density at radius 1 is 1.38 bits per heavy atom. The number of piperazine rings is 1. The molecule has 6 heteroatoms. The zero-order valence-corrected chi connectivity index (χ0v) is 12.9. The van der Waals surface area contributed by atoms with Crippen LogP contribution in [-0.2, 0) is 14.3 Å². The van der Waals surface area contributed by atoms with Gasteiger partial charge in [-0.3, -0.25) is 9.59 Å². The lowest BCUT2D eigenvalue weighted by Gasteiger charge is -2.35. The van der Waals surface area contributed by atoms with Gasteiger partial charge in [-0.05, 0) is 32.6 Å². The first kappa shape index (κ1) is 16.2. The van der Waals surface area contributed by atoms with E-state index in [-0.39, 0.29) is 24.0 Å². The molecule has 0 saturated carbocycles. The number of hydrogen-bond donors (Lipinski definition) is 2. The average molecular weight is 297 g/mol. The van der Waals surface area contributed by atoms with E-state index in [0.717, 1.165) is 32.4 Å². The normalized spacial score (nSPS) is 26.4. The van der Waals surface area contributed by atoms with Gasteiger partial charge in [-0.1, -0.05) is 0 Å². The molecule has 21 heavy (non-hydrogen) atoms. The highest BCUT2D eigenvalue weighted by Crippen LogP contribution is 2.18. The van der Waals surface area contributed by atoms with Gasteiger partial charge in [0.25, 0.3) is 0 Å². The Morgan fingerprint density at radius 3 is 2.95 bits per heavy atom. The van der Waals surface area contributed by atoms with Crippen molar-refractivity contribution in [3.63, 3.8) is 0 Å². The largest absolute Gasteiger partial charge is 0.378 e. The summed E-state index contributed by atoms with van der Waals surface area (Å²) in [7, 11) is 0. The molecular formula is C15H27N3O3.